The van der Waals surface area contributed by atoms with Crippen LogP contribution in [0.25, 0.3) is 0 Å². The van der Waals surface area contributed by atoms with E-state index in [0.29, 0.717) is 19.7 Å². The van der Waals surface area contributed by atoms with Crippen LogP contribution in [0.4, 0.5) is 10.5 Å². The summed E-state index contributed by atoms with van der Waals surface area (Å²) in [7, 11) is 2.03. The second-order valence-corrected chi connectivity index (χ2v) is 8.46. The van der Waals surface area contributed by atoms with Gasteiger partial charge in [0.05, 0.1) is 12.6 Å². The first-order valence-electron chi connectivity index (χ1n) is 10.4. The quantitative estimate of drug-likeness (QED) is 0.640. The highest BCUT2D eigenvalue weighted by Crippen LogP contribution is 2.16. The normalized spacial score (nSPS) is 16.3. The van der Waals surface area contributed by atoms with Gasteiger partial charge in [0, 0.05) is 32.4 Å². The Morgan fingerprint density at radius 2 is 1.97 bits per heavy atom. The largest absolute Gasteiger partial charge is 0.444 e. The Kier molecular flexibility index (Phi) is 8.76. The van der Waals surface area contributed by atoms with Crippen molar-refractivity contribution in [1.82, 2.24) is 10.2 Å². The predicted molar refractivity (Wildman–Crippen MR) is 114 cm³/mol. The predicted octanol–water partition coefficient (Wildman–Crippen LogP) is 3.05. The number of amides is 2. The summed E-state index contributed by atoms with van der Waals surface area (Å²) < 4.78 is 11.1. The summed E-state index contributed by atoms with van der Waals surface area (Å²) in [6, 6.07) is 10.1. The van der Waals surface area contributed by atoms with Gasteiger partial charge in [0.15, 0.2) is 0 Å². The highest BCUT2D eigenvalue weighted by atomic mass is 16.6. The number of carbonyl (C=O) groups excluding carboxylic acids is 2. The molecule has 0 spiro atoms. The molecule has 0 unspecified atom stereocenters. The molecule has 2 amide bonds. The molecule has 0 saturated carbocycles. The van der Waals surface area contributed by atoms with Gasteiger partial charge in [-0.1, -0.05) is 18.2 Å². The first-order chi connectivity index (χ1) is 13.7. The second kappa shape index (κ2) is 11.0. The standard InChI is InChI=1S/C22H35N3O4/c1-22(2,3)29-21(27)25(16-19-12-8-15-28-19)17-20(26)23-13-9-14-24(4)18-10-6-5-7-11-18/h5-7,10-11,19H,8-9,12-17H2,1-4H3,(H,23,26)/t19-/m1/s1. The number of carbonyl (C=O) groups is 2. The number of hydrogen-bond acceptors (Lipinski definition) is 5. The summed E-state index contributed by atoms with van der Waals surface area (Å²) >= 11 is 0. The zero-order valence-electron chi connectivity index (χ0n) is 18.1. The van der Waals surface area contributed by atoms with E-state index in [2.05, 4.69) is 22.3 Å². The van der Waals surface area contributed by atoms with Crippen LogP contribution in [0, 0.1) is 0 Å². The fraction of sp³-hybridized carbons (Fsp3) is 0.636. The molecule has 1 fully saturated rings. The zero-order chi connectivity index (χ0) is 21.3. The van der Waals surface area contributed by atoms with E-state index in [4.69, 9.17) is 9.47 Å². The summed E-state index contributed by atoms with van der Waals surface area (Å²) in [6.07, 6.45) is 2.18. The molecule has 0 radical (unpaired) electrons. The highest BCUT2D eigenvalue weighted by Gasteiger charge is 2.28. The van der Waals surface area contributed by atoms with E-state index in [1.807, 2.05) is 46.0 Å². The molecule has 7 nitrogen and oxygen atoms in total. The summed E-state index contributed by atoms with van der Waals surface area (Å²) in [5, 5.41) is 2.91. The van der Waals surface area contributed by atoms with Crippen molar-refractivity contribution in [2.45, 2.75) is 51.7 Å². The van der Waals surface area contributed by atoms with E-state index >= 15 is 0 Å². The molecule has 2 rings (SSSR count). The minimum absolute atomic E-state index is 0.0245. The van der Waals surface area contributed by atoms with Crippen LogP contribution in [0.2, 0.25) is 0 Å². The van der Waals surface area contributed by atoms with Gasteiger partial charge in [0.25, 0.3) is 0 Å². The van der Waals surface area contributed by atoms with Gasteiger partial charge in [-0.15, -0.1) is 0 Å². The van der Waals surface area contributed by atoms with Gasteiger partial charge < -0.3 is 19.7 Å². The molecule has 1 aliphatic heterocycles. The fourth-order valence-corrected chi connectivity index (χ4v) is 3.15. The Labute approximate surface area is 174 Å². The Bertz CT molecular complexity index is 639. The lowest BCUT2D eigenvalue weighted by Crippen LogP contribution is -2.46. The second-order valence-electron chi connectivity index (χ2n) is 8.46. The number of hydrogen-bond donors (Lipinski definition) is 1. The molecule has 29 heavy (non-hydrogen) atoms. The Morgan fingerprint density at radius 3 is 2.59 bits per heavy atom. The van der Waals surface area contributed by atoms with Gasteiger partial charge in [-0.3, -0.25) is 9.69 Å². The third-order valence-corrected chi connectivity index (χ3v) is 4.62. The zero-order valence-corrected chi connectivity index (χ0v) is 18.1. The van der Waals surface area contributed by atoms with Crippen molar-refractivity contribution in [3.8, 4) is 0 Å². The van der Waals surface area contributed by atoms with Gasteiger partial charge in [0.2, 0.25) is 5.91 Å². The van der Waals surface area contributed by atoms with Crippen molar-refractivity contribution >= 4 is 17.7 Å². The van der Waals surface area contributed by atoms with Crippen molar-refractivity contribution in [3.63, 3.8) is 0 Å². The third-order valence-electron chi connectivity index (χ3n) is 4.62. The molecule has 0 aliphatic carbocycles. The maximum absolute atomic E-state index is 12.5. The minimum Gasteiger partial charge on any atom is -0.444 e. The molecule has 1 aromatic rings. The first-order valence-corrected chi connectivity index (χ1v) is 10.4. The summed E-state index contributed by atoms with van der Waals surface area (Å²) in [5.74, 6) is -0.184. The number of rotatable bonds is 9. The number of nitrogens with one attached hydrogen (secondary N) is 1. The van der Waals surface area contributed by atoms with Gasteiger partial charge >= 0.3 is 6.09 Å². The van der Waals surface area contributed by atoms with E-state index < -0.39 is 11.7 Å². The van der Waals surface area contributed by atoms with Crippen LogP contribution in [-0.4, -0.2) is 68.4 Å². The summed E-state index contributed by atoms with van der Waals surface area (Å²) in [4.78, 5) is 28.5. The molecular formula is C22H35N3O4. The van der Waals surface area contributed by atoms with Crippen molar-refractivity contribution in [1.29, 1.82) is 0 Å². The van der Waals surface area contributed by atoms with Crippen LogP contribution in [0.15, 0.2) is 30.3 Å². The van der Waals surface area contributed by atoms with Gasteiger partial charge in [-0.2, -0.15) is 0 Å². The topological polar surface area (TPSA) is 71.1 Å². The first kappa shape index (κ1) is 23.0. The Morgan fingerprint density at radius 1 is 1.24 bits per heavy atom. The van der Waals surface area contributed by atoms with E-state index in [1.54, 1.807) is 0 Å². The monoisotopic (exact) mass is 405 g/mol. The molecule has 0 aromatic heterocycles. The molecule has 1 N–H and O–H groups in total. The van der Waals surface area contributed by atoms with Gasteiger partial charge in [-0.25, -0.2) is 4.79 Å². The maximum Gasteiger partial charge on any atom is 0.410 e. The number of para-hydroxylation sites is 1. The fourth-order valence-electron chi connectivity index (χ4n) is 3.15. The lowest BCUT2D eigenvalue weighted by molar-refractivity contribution is -0.122. The van der Waals surface area contributed by atoms with Crippen LogP contribution in [0.1, 0.15) is 40.0 Å². The molecule has 1 heterocycles. The van der Waals surface area contributed by atoms with Gasteiger partial charge in [-0.05, 0) is 52.2 Å². The van der Waals surface area contributed by atoms with Crippen molar-refractivity contribution in [2.75, 3.05) is 44.7 Å². The Balaban J connectivity index is 1.77. The summed E-state index contributed by atoms with van der Waals surface area (Å²) in [6.45, 7) is 7.89. The number of nitrogens with zero attached hydrogens (tertiary/aromatic N) is 2. The SMILES string of the molecule is CN(CCCNC(=O)CN(C[C@H]1CCCO1)C(=O)OC(C)(C)C)c1ccccc1. The van der Waals surface area contributed by atoms with Crippen molar-refractivity contribution in [3.05, 3.63) is 30.3 Å². The van der Waals surface area contributed by atoms with E-state index in [1.165, 1.54) is 4.90 Å². The number of ether oxygens (including phenoxy) is 2. The third kappa shape index (κ3) is 8.73. The lowest BCUT2D eigenvalue weighted by atomic mass is 10.2. The van der Waals surface area contributed by atoms with E-state index in [-0.39, 0.29) is 18.6 Å². The number of anilines is 1. The Hall–Kier alpha value is -2.28. The molecule has 1 atom stereocenters. The number of benzene rings is 1. The van der Waals surface area contributed by atoms with Gasteiger partial charge in [0.1, 0.15) is 12.1 Å². The average Bonchev–Trinajstić information content (AvgIpc) is 3.17. The van der Waals surface area contributed by atoms with Crippen molar-refractivity contribution < 1.29 is 19.1 Å². The molecule has 1 saturated heterocycles. The molecule has 7 heteroatoms. The minimum atomic E-state index is -0.607. The van der Waals surface area contributed by atoms with Crippen LogP contribution in [0.5, 0.6) is 0 Å². The summed E-state index contributed by atoms with van der Waals surface area (Å²) in [5.41, 5.74) is 0.538. The van der Waals surface area contributed by atoms with Crippen LogP contribution in [-0.2, 0) is 14.3 Å². The van der Waals surface area contributed by atoms with Crippen molar-refractivity contribution in [2.24, 2.45) is 0 Å². The van der Waals surface area contributed by atoms with Crippen LogP contribution < -0.4 is 10.2 Å². The molecule has 1 aromatic carbocycles. The average molecular weight is 406 g/mol. The maximum atomic E-state index is 12.5. The van der Waals surface area contributed by atoms with Crippen LogP contribution >= 0.6 is 0 Å². The van der Waals surface area contributed by atoms with Crippen LogP contribution in [0.3, 0.4) is 0 Å². The molecule has 162 valence electrons. The van der Waals surface area contributed by atoms with E-state index in [9.17, 15) is 9.59 Å². The highest BCUT2D eigenvalue weighted by molar-refractivity contribution is 5.82. The molecule has 1 aliphatic rings. The molecular weight excluding hydrogens is 370 g/mol. The van der Waals surface area contributed by atoms with E-state index in [0.717, 1.165) is 31.5 Å². The smallest absolute Gasteiger partial charge is 0.410 e. The molecule has 0 bridgehead atoms. The lowest BCUT2D eigenvalue weighted by Gasteiger charge is -2.28.